The highest BCUT2D eigenvalue weighted by atomic mass is 28.4. The van der Waals surface area contributed by atoms with Crippen LogP contribution in [0.15, 0.2) is 0 Å². The summed E-state index contributed by atoms with van der Waals surface area (Å²) in [5, 5.41) is 3.47. The van der Waals surface area contributed by atoms with Crippen molar-refractivity contribution in [1.29, 1.82) is 0 Å². The van der Waals surface area contributed by atoms with E-state index >= 15 is 0 Å². The number of carbonyl (C=O) groups is 1. The molecule has 2 aliphatic heterocycles. The fourth-order valence-corrected chi connectivity index (χ4v) is 11.2. The Morgan fingerprint density at radius 3 is 2.18 bits per heavy atom. The lowest BCUT2D eigenvalue weighted by atomic mass is 9.86. The molecule has 28 heavy (non-hydrogen) atoms. The van der Waals surface area contributed by atoms with Gasteiger partial charge in [0.05, 0.1) is 6.04 Å². The van der Waals surface area contributed by atoms with Crippen molar-refractivity contribution in [2.75, 3.05) is 26.2 Å². The Hall–Kier alpha value is -0.593. The number of nitrogens with one attached hydrogen (secondary N) is 1. The highest BCUT2D eigenvalue weighted by Gasteiger charge is 2.49. The molecule has 0 aliphatic carbocycles. The van der Waals surface area contributed by atoms with Gasteiger partial charge in [-0.15, -0.1) is 0 Å². The topological polar surface area (TPSA) is 50.8 Å². The quantitative estimate of drug-likeness (QED) is 0.622. The van der Waals surface area contributed by atoms with Crippen molar-refractivity contribution in [2.24, 2.45) is 11.8 Å². The fraction of sp³-hybridized carbons (Fsp3) is 0.955. The van der Waals surface area contributed by atoms with E-state index in [0.29, 0.717) is 28.5 Å². The second kappa shape index (κ2) is 9.05. The number of hydrogen-bond donors (Lipinski definition) is 1. The summed E-state index contributed by atoms with van der Waals surface area (Å²) in [6, 6.07) is 0.227. The van der Waals surface area contributed by atoms with E-state index in [9.17, 15) is 4.79 Å². The summed E-state index contributed by atoms with van der Waals surface area (Å²) >= 11 is 0. The van der Waals surface area contributed by atoms with Crippen LogP contribution in [0.4, 0.5) is 4.79 Å². The van der Waals surface area contributed by atoms with Gasteiger partial charge in [-0.3, -0.25) is 0 Å². The van der Waals surface area contributed by atoms with E-state index in [1.165, 1.54) is 0 Å². The molecular formula is C22H44N2O3Si. The molecule has 2 saturated heterocycles. The van der Waals surface area contributed by atoms with E-state index in [4.69, 9.17) is 9.16 Å². The van der Waals surface area contributed by atoms with Crippen molar-refractivity contribution in [1.82, 2.24) is 10.2 Å². The second-order valence-corrected chi connectivity index (χ2v) is 16.2. The first-order valence-corrected chi connectivity index (χ1v) is 13.4. The number of rotatable bonds is 6. The Morgan fingerprint density at radius 1 is 1.11 bits per heavy atom. The van der Waals surface area contributed by atoms with Crippen molar-refractivity contribution in [3.05, 3.63) is 0 Å². The summed E-state index contributed by atoms with van der Waals surface area (Å²) in [7, 11) is -1.89. The first kappa shape index (κ1) is 23.7. The average molecular weight is 413 g/mol. The molecule has 0 spiro atoms. The number of ether oxygens (including phenoxy) is 1. The molecule has 3 unspecified atom stereocenters. The van der Waals surface area contributed by atoms with Gasteiger partial charge in [0.2, 0.25) is 0 Å². The van der Waals surface area contributed by atoms with Gasteiger partial charge in [-0.2, -0.15) is 0 Å². The zero-order valence-electron chi connectivity index (χ0n) is 19.7. The van der Waals surface area contributed by atoms with Crippen LogP contribution in [0.2, 0.25) is 16.6 Å². The maximum Gasteiger partial charge on any atom is 0.410 e. The number of piperidine rings is 1. The number of carbonyl (C=O) groups excluding carboxylic acids is 1. The molecule has 3 atom stereocenters. The Kier molecular flexibility index (Phi) is 7.65. The van der Waals surface area contributed by atoms with E-state index < -0.39 is 13.9 Å². The SMILES string of the molecule is CC(C)[Si](OCC1CN(C(=O)OC(C)(C)C)C2CNCCC12)(C(C)C)C(C)C. The molecule has 0 aromatic rings. The lowest BCUT2D eigenvalue weighted by molar-refractivity contribution is 0.0194. The standard InChI is InChI=1S/C22H44N2O3Si/c1-15(2)28(16(3)4,17(5)6)26-14-18-13-24(21(25)27-22(7,8)9)20-12-23-11-10-19(18)20/h15-20,23H,10-14H2,1-9H3. The molecule has 0 radical (unpaired) electrons. The molecule has 2 heterocycles. The molecule has 0 saturated carbocycles. The predicted molar refractivity (Wildman–Crippen MR) is 118 cm³/mol. The number of likely N-dealkylation sites (tertiary alicyclic amines) is 1. The number of hydrogen-bond acceptors (Lipinski definition) is 4. The minimum atomic E-state index is -1.89. The van der Waals surface area contributed by atoms with E-state index in [1.807, 2.05) is 25.7 Å². The Balaban J connectivity index is 2.15. The lowest BCUT2D eigenvalue weighted by Crippen LogP contribution is -2.50. The molecule has 164 valence electrons. The van der Waals surface area contributed by atoms with Gasteiger partial charge < -0.3 is 19.4 Å². The Morgan fingerprint density at radius 2 is 1.68 bits per heavy atom. The van der Waals surface area contributed by atoms with Crippen molar-refractivity contribution in [2.45, 2.75) is 97.0 Å². The maximum atomic E-state index is 12.8. The van der Waals surface area contributed by atoms with Crippen LogP contribution in [0.5, 0.6) is 0 Å². The highest BCUT2D eigenvalue weighted by Crippen LogP contribution is 2.44. The third-order valence-electron chi connectivity index (χ3n) is 6.82. The van der Waals surface area contributed by atoms with Crippen LogP contribution in [-0.4, -0.2) is 57.2 Å². The van der Waals surface area contributed by atoms with Crippen LogP contribution in [0.25, 0.3) is 0 Å². The van der Waals surface area contributed by atoms with Crippen LogP contribution >= 0.6 is 0 Å². The third kappa shape index (κ3) is 4.93. The van der Waals surface area contributed by atoms with E-state index in [1.54, 1.807) is 0 Å². The van der Waals surface area contributed by atoms with Crippen LogP contribution in [0.3, 0.4) is 0 Å². The minimum Gasteiger partial charge on any atom is -0.444 e. The van der Waals surface area contributed by atoms with Crippen molar-refractivity contribution >= 4 is 14.4 Å². The summed E-state index contributed by atoms with van der Waals surface area (Å²) in [4.78, 5) is 14.8. The largest absolute Gasteiger partial charge is 0.444 e. The normalized spacial score (nSPS) is 26.3. The molecule has 2 aliphatic rings. The minimum absolute atomic E-state index is 0.172. The smallest absolute Gasteiger partial charge is 0.410 e. The van der Waals surface area contributed by atoms with Gasteiger partial charge in [0.1, 0.15) is 5.60 Å². The molecule has 0 aromatic carbocycles. The molecule has 5 nitrogen and oxygen atoms in total. The number of nitrogens with zero attached hydrogens (tertiary/aromatic N) is 1. The van der Waals surface area contributed by atoms with Gasteiger partial charge in [0.25, 0.3) is 0 Å². The fourth-order valence-electron chi connectivity index (χ4n) is 5.74. The Labute approximate surface area is 174 Å². The van der Waals surface area contributed by atoms with Gasteiger partial charge in [-0.05, 0) is 56.3 Å². The number of fused-ring (bicyclic) bond motifs is 1. The average Bonchev–Trinajstić information content (AvgIpc) is 2.92. The third-order valence-corrected chi connectivity index (χ3v) is 12.9. The molecule has 6 heteroatoms. The summed E-state index contributed by atoms with van der Waals surface area (Å²) in [5.74, 6) is 0.912. The number of amides is 1. The van der Waals surface area contributed by atoms with Crippen LogP contribution in [0, 0.1) is 11.8 Å². The molecule has 2 fully saturated rings. The molecule has 1 amide bonds. The predicted octanol–water partition coefficient (Wildman–Crippen LogP) is 5.02. The van der Waals surface area contributed by atoms with Crippen LogP contribution in [0.1, 0.15) is 68.7 Å². The van der Waals surface area contributed by atoms with Crippen LogP contribution < -0.4 is 5.32 Å². The van der Waals surface area contributed by atoms with Gasteiger partial charge in [0, 0.05) is 25.6 Å². The highest BCUT2D eigenvalue weighted by molar-refractivity contribution is 6.77. The molecular weight excluding hydrogens is 368 g/mol. The molecule has 2 rings (SSSR count). The summed E-state index contributed by atoms with van der Waals surface area (Å²) in [6.45, 7) is 23.2. The van der Waals surface area contributed by atoms with Crippen molar-refractivity contribution in [3.63, 3.8) is 0 Å². The summed E-state index contributed by atoms with van der Waals surface area (Å²) in [5.41, 5.74) is 1.29. The molecule has 0 bridgehead atoms. The van der Waals surface area contributed by atoms with Gasteiger partial charge >= 0.3 is 6.09 Å². The Bertz CT molecular complexity index is 509. The van der Waals surface area contributed by atoms with Gasteiger partial charge in [0.15, 0.2) is 8.32 Å². The molecule has 1 N–H and O–H groups in total. The lowest BCUT2D eigenvalue weighted by Gasteiger charge is -2.43. The van der Waals surface area contributed by atoms with Crippen LogP contribution in [-0.2, 0) is 9.16 Å². The second-order valence-electron chi connectivity index (χ2n) is 10.7. The van der Waals surface area contributed by atoms with E-state index in [0.717, 1.165) is 32.7 Å². The zero-order valence-corrected chi connectivity index (χ0v) is 20.7. The summed E-state index contributed by atoms with van der Waals surface area (Å²) < 4.78 is 12.6. The first-order chi connectivity index (χ1) is 12.9. The van der Waals surface area contributed by atoms with Gasteiger partial charge in [-0.1, -0.05) is 41.5 Å². The first-order valence-electron chi connectivity index (χ1n) is 11.2. The maximum absolute atomic E-state index is 12.8. The molecule has 0 aromatic heterocycles. The van der Waals surface area contributed by atoms with Crippen molar-refractivity contribution in [3.8, 4) is 0 Å². The van der Waals surface area contributed by atoms with Crippen molar-refractivity contribution < 1.29 is 14.0 Å². The summed E-state index contributed by atoms with van der Waals surface area (Å²) in [6.07, 6.45) is 0.936. The van der Waals surface area contributed by atoms with Gasteiger partial charge in [-0.25, -0.2) is 4.79 Å². The van der Waals surface area contributed by atoms with E-state index in [-0.39, 0.29) is 12.1 Å². The zero-order chi connectivity index (χ0) is 21.3. The monoisotopic (exact) mass is 412 g/mol. The van der Waals surface area contributed by atoms with E-state index in [2.05, 4.69) is 46.9 Å².